The third-order valence-electron chi connectivity index (χ3n) is 3.98. The molecule has 0 bridgehead atoms. The van der Waals surface area contributed by atoms with E-state index in [-0.39, 0.29) is 7.30 Å². The van der Waals surface area contributed by atoms with Crippen molar-refractivity contribution in [3.8, 4) is 0 Å². The molecule has 0 aromatic heterocycles. The summed E-state index contributed by atoms with van der Waals surface area (Å²) in [5.74, 6) is 0.913. The number of hydrogen-bond acceptors (Lipinski definition) is 1. The molecule has 15 heavy (non-hydrogen) atoms. The van der Waals surface area contributed by atoms with Gasteiger partial charge in [-0.3, -0.25) is 0 Å². The molecule has 1 spiro atoms. The van der Waals surface area contributed by atoms with Crippen molar-refractivity contribution in [3.05, 3.63) is 0 Å². The Morgan fingerprint density at radius 2 is 2.27 bits per heavy atom. The van der Waals surface area contributed by atoms with Crippen molar-refractivity contribution in [2.75, 3.05) is 6.61 Å². The third-order valence-corrected chi connectivity index (χ3v) is 15.4. The Labute approximate surface area is 101 Å². The van der Waals surface area contributed by atoms with Crippen LogP contribution in [0.4, 0.5) is 0 Å². The molecule has 0 N–H and O–H groups in total. The maximum absolute atomic E-state index is 6.05. The highest BCUT2D eigenvalue weighted by Gasteiger charge is 2.43. The summed E-state index contributed by atoms with van der Waals surface area (Å²) in [5.41, 5.74) is 1.23. The topological polar surface area (TPSA) is 9.23 Å². The monoisotopic (exact) mass is 282 g/mol. The Kier molecular flexibility index (Phi) is 4.85. The second kappa shape index (κ2) is 5.55. The van der Waals surface area contributed by atoms with Crippen LogP contribution in [0.15, 0.2) is 0 Å². The number of hydrogen-bond donors (Lipinski definition) is 0. The molecule has 0 aromatic rings. The van der Waals surface area contributed by atoms with Crippen molar-refractivity contribution < 1.29 is 4.74 Å². The Hall–Kier alpha value is 1.68. The van der Waals surface area contributed by atoms with Gasteiger partial charge in [-0.2, -0.15) is 0 Å². The first-order chi connectivity index (χ1) is 7.17. The van der Waals surface area contributed by atoms with Crippen LogP contribution in [0.5, 0.6) is 0 Å². The molecule has 2 fully saturated rings. The Morgan fingerprint density at radius 3 is 2.87 bits per heavy atom. The highest BCUT2D eigenvalue weighted by atomic mass is 32.6. The van der Waals surface area contributed by atoms with Gasteiger partial charge in [0.05, 0.1) is 5.60 Å². The van der Waals surface area contributed by atoms with Crippen LogP contribution in [0.2, 0.25) is 0 Å². The predicted octanol–water partition coefficient (Wildman–Crippen LogP) is 4.38. The van der Waals surface area contributed by atoms with E-state index in [9.17, 15) is 0 Å². The van der Waals surface area contributed by atoms with E-state index in [2.05, 4.69) is 24.8 Å². The molecular formula is C10H22OP4. The molecule has 2 aliphatic rings. The highest BCUT2D eigenvalue weighted by molar-refractivity contribution is 8.61. The second-order valence-electron chi connectivity index (χ2n) is 4.96. The van der Waals surface area contributed by atoms with Gasteiger partial charge in [-0.25, -0.2) is 0 Å². The van der Waals surface area contributed by atoms with Crippen LogP contribution in [0.3, 0.4) is 0 Å². The van der Waals surface area contributed by atoms with Gasteiger partial charge in [-0.15, -0.1) is 17.9 Å². The third kappa shape index (κ3) is 2.92. The van der Waals surface area contributed by atoms with Crippen LogP contribution >= 0.6 is 33.1 Å². The zero-order valence-electron chi connectivity index (χ0n) is 9.41. The molecule has 0 aromatic carbocycles. The van der Waals surface area contributed by atoms with Crippen LogP contribution in [-0.4, -0.2) is 17.9 Å². The van der Waals surface area contributed by atoms with Crippen molar-refractivity contribution in [3.63, 3.8) is 0 Å². The summed E-state index contributed by atoms with van der Waals surface area (Å²) >= 11 is 0. The van der Waals surface area contributed by atoms with Crippen LogP contribution < -0.4 is 0 Å². The van der Waals surface area contributed by atoms with E-state index in [0.717, 1.165) is 26.1 Å². The molecule has 0 amide bonds. The summed E-state index contributed by atoms with van der Waals surface area (Å²) in [6.45, 7) is 3.45. The quantitative estimate of drug-likeness (QED) is 0.683. The van der Waals surface area contributed by atoms with Gasteiger partial charge in [0.2, 0.25) is 0 Å². The van der Waals surface area contributed by atoms with Crippen LogP contribution in [-0.2, 0) is 4.74 Å². The molecule has 5 unspecified atom stereocenters. The van der Waals surface area contributed by atoms with E-state index in [0.29, 0.717) is 5.60 Å². The molecule has 1 saturated heterocycles. The first-order valence-corrected chi connectivity index (χ1v) is 12.5. The van der Waals surface area contributed by atoms with Gasteiger partial charge in [0, 0.05) is 6.61 Å². The predicted molar refractivity (Wildman–Crippen MR) is 79.4 cm³/mol. The van der Waals surface area contributed by atoms with Gasteiger partial charge in [0.25, 0.3) is 0 Å². The molecule has 1 aliphatic carbocycles. The Morgan fingerprint density at radius 1 is 1.47 bits per heavy atom. The largest absolute Gasteiger partial charge is 0.375 e. The summed E-state index contributed by atoms with van der Waals surface area (Å²) in [6, 6.07) is 0. The zero-order valence-corrected chi connectivity index (χ0v) is 13.6. The fourth-order valence-electron chi connectivity index (χ4n) is 2.95. The average molecular weight is 282 g/mol. The Bertz CT molecular complexity index is 213. The van der Waals surface area contributed by atoms with Crippen LogP contribution in [0, 0.1) is 5.92 Å². The van der Waals surface area contributed by atoms with Gasteiger partial charge in [0.15, 0.2) is 0 Å². The fourth-order valence-corrected chi connectivity index (χ4v) is 8.90. The minimum Gasteiger partial charge on any atom is -0.375 e. The number of rotatable bonds is 2. The second-order valence-corrected chi connectivity index (χ2v) is 14.6. The SMILES string of the molecule is C[C@H]1CCC2(CCCO2)C[C@H]1P(P)PP. The summed E-state index contributed by atoms with van der Waals surface area (Å²) < 4.78 is 6.05. The van der Waals surface area contributed by atoms with E-state index in [4.69, 9.17) is 4.74 Å². The Balaban J connectivity index is 2.03. The summed E-state index contributed by atoms with van der Waals surface area (Å²) in [6.07, 6.45) is 6.65. The summed E-state index contributed by atoms with van der Waals surface area (Å²) in [5, 5.41) is 0. The van der Waals surface area contributed by atoms with Crippen LogP contribution in [0.25, 0.3) is 0 Å². The molecule has 5 heteroatoms. The molecule has 1 heterocycles. The fraction of sp³-hybridized carbons (Fsp3) is 1.00. The lowest BCUT2D eigenvalue weighted by Gasteiger charge is -2.43. The minimum atomic E-state index is 0.149. The van der Waals surface area contributed by atoms with Crippen molar-refractivity contribution >= 4 is 33.1 Å². The van der Waals surface area contributed by atoms with Crippen LogP contribution in [0.1, 0.15) is 39.0 Å². The molecule has 1 saturated carbocycles. The van der Waals surface area contributed by atoms with Gasteiger partial charge < -0.3 is 4.74 Å². The summed E-state index contributed by atoms with van der Waals surface area (Å²) in [4.78, 5) is 0. The smallest absolute Gasteiger partial charge is 0.0689 e. The maximum Gasteiger partial charge on any atom is 0.0689 e. The molecule has 1 nitrogen and oxygen atoms in total. The van der Waals surface area contributed by atoms with Gasteiger partial charge in [-0.1, -0.05) is 22.2 Å². The molecule has 0 radical (unpaired) electrons. The van der Waals surface area contributed by atoms with E-state index >= 15 is 0 Å². The van der Waals surface area contributed by atoms with E-state index in [1.807, 2.05) is 0 Å². The lowest BCUT2D eigenvalue weighted by atomic mass is 9.78. The molecule has 2 rings (SSSR count). The van der Waals surface area contributed by atoms with Crippen molar-refractivity contribution in [2.24, 2.45) is 5.92 Å². The maximum atomic E-state index is 6.05. The normalized spacial score (nSPS) is 44.2. The first-order valence-electron chi connectivity index (χ1n) is 5.81. The molecule has 88 valence electrons. The number of ether oxygens (including phenoxy) is 1. The van der Waals surface area contributed by atoms with E-state index in [1.165, 1.54) is 32.1 Å². The minimum absolute atomic E-state index is 0.149. The van der Waals surface area contributed by atoms with E-state index in [1.54, 1.807) is 0 Å². The lowest BCUT2D eigenvalue weighted by molar-refractivity contribution is -0.0309. The van der Waals surface area contributed by atoms with Gasteiger partial charge in [-0.05, 0) is 43.7 Å². The van der Waals surface area contributed by atoms with Gasteiger partial charge >= 0.3 is 0 Å². The average Bonchev–Trinajstić information content (AvgIpc) is 2.70. The van der Waals surface area contributed by atoms with Gasteiger partial charge in [0.1, 0.15) is 0 Å². The molecule has 7 atom stereocenters. The zero-order chi connectivity index (χ0) is 10.9. The highest BCUT2D eigenvalue weighted by Crippen LogP contribution is 2.72. The van der Waals surface area contributed by atoms with Crippen molar-refractivity contribution in [1.29, 1.82) is 0 Å². The van der Waals surface area contributed by atoms with Crippen molar-refractivity contribution in [1.82, 2.24) is 0 Å². The lowest BCUT2D eigenvalue weighted by Crippen LogP contribution is -2.39. The standard InChI is InChI=1S/C10H22OP4/c1-8-3-5-10(4-2-6-11-10)7-9(8)15(13)14-12/h8-9,14H,2-7,12-13H2,1H3/t8-,9+,10?,15?/m0/s1. The first kappa shape index (κ1) is 13.1. The van der Waals surface area contributed by atoms with E-state index < -0.39 is 0 Å². The molecular weight excluding hydrogens is 260 g/mol. The molecule has 1 aliphatic heterocycles. The van der Waals surface area contributed by atoms with Crippen molar-refractivity contribution in [2.45, 2.75) is 50.3 Å². The summed E-state index contributed by atoms with van der Waals surface area (Å²) in [7, 11) is 7.25.